The molecule has 80 valence electrons. The van der Waals surface area contributed by atoms with Gasteiger partial charge in [-0.2, -0.15) is 0 Å². The third-order valence-electron chi connectivity index (χ3n) is 2.44. The maximum atomic E-state index is 5.84. The van der Waals surface area contributed by atoms with Crippen LogP contribution in [0.5, 0.6) is 0 Å². The molecule has 0 saturated carbocycles. The zero-order chi connectivity index (χ0) is 10.8. The highest BCUT2D eigenvalue weighted by Crippen LogP contribution is 2.10. The number of aromatic nitrogens is 4. The van der Waals surface area contributed by atoms with Crippen LogP contribution in [0.25, 0.3) is 0 Å². The molecule has 0 fully saturated rings. The van der Waals surface area contributed by atoms with Crippen molar-refractivity contribution in [2.24, 2.45) is 12.8 Å². The van der Waals surface area contributed by atoms with Crippen molar-refractivity contribution in [3.8, 4) is 0 Å². The molecule has 2 aromatic heterocycles. The molecule has 0 aromatic carbocycles. The minimum atomic E-state index is -0.00670. The number of imidazole rings is 2. The molecule has 2 N–H and O–H groups in total. The molecule has 5 heteroatoms. The zero-order valence-electron chi connectivity index (χ0n) is 8.96. The van der Waals surface area contributed by atoms with E-state index in [2.05, 4.69) is 9.97 Å². The summed E-state index contributed by atoms with van der Waals surface area (Å²) < 4.78 is 4.01. The Hall–Kier alpha value is -1.62. The van der Waals surface area contributed by atoms with Gasteiger partial charge in [-0.25, -0.2) is 9.97 Å². The molecule has 0 amide bonds. The smallest absolute Gasteiger partial charge is 0.128 e. The first kappa shape index (κ1) is 9.92. The average molecular weight is 205 g/mol. The molecular formula is C10H15N5. The molecule has 1 unspecified atom stereocenters. The lowest BCUT2D eigenvalue weighted by Gasteiger charge is -2.10. The second kappa shape index (κ2) is 3.86. The Morgan fingerprint density at radius 2 is 2.33 bits per heavy atom. The lowest BCUT2D eigenvalue weighted by molar-refractivity contribution is 0.636. The van der Waals surface area contributed by atoms with Gasteiger partial charge in [-0.3, -0.25) is 0 Å². The van der Waals surface area contributed by atoms with Crippen molar-refractivity contribution < 1.29 is 0 Å². The predicted octanol–water partition coefficient (Wildman–Crippen LogP) is 0.685. The van der Waals surface area contributed by atoms with E-state index in [1.807, 2.05) is 29.3 Å². The van der Waals surface area contributed by atoms with Crippen molar-refractivity contribution in [2.45, 2.75) is 19.5 Å². The molecule has 2 rings (SSSR count). The zero-order valence-corrected chi connectivity index (χ0v) is 8.96. The van der Waals surface area contributed by atoms with Gasteiger partial charge >= 0.3 is 0 Å². The molecule has 0 spiro atoms. The van der Waals surface area contributed by atoms with E-state index < -0.39 is 0 Å². The van der Waals surface area contributed by atoms with E-state index in [0.29, 0.717) is 6.54 Å². The van der Waals surface area contributed by atoms with Gasteiger partial charge < -0.3 is 14.9 Å². The Morgan fingerprint density at radius 1 is 1.53 bits per heavy atom. The minimum absolute atomic E-state index is 0.00670. The molecule has 5 nitrogen and oxygen atoms in total. The van der Waals surface area contributed by atoms with Crippen molar-refractivity contribution in [1.82, 2.24) is 19.1 Å². The molecule has 0 radical (unpaired) electrons. The first-order valence-corrected chi connectivity index (χ1v) is 4.90. The number of aryl methyl sites for hydroxylation is 1. The quantitative estimate of drug-likeness (QED) is 0.801. The Labute approximate surface area is 88.6 Å². The van der Waals surface area contributed by atoms with Gasteiger partial charge in [0, 0.05) is 31.7 Å². The number of nitrogens with zero attached hydrogens (tertiary/aromatic N) is 4. The van der Waals surface area contributed by atoms with Gasteiger partial charge in [-0.05, 0) is 6.92 Å². The van der Waals surface area contributed by atoms with Crippen LogP contribution in [0, 0.1) is 0 Å². The predicted molar refractivity (Wildman–Crippen MR) is 57.1 cm³/mol. The molecule has 2 aromatic rings. The number of hydrogen-bond acceptors (Lipinski definition) is 3. The number of hydrogen-bond donors (Lipinski definition) is 1. The van der Waals surface area contributed by atoms with Crippen LogP contribution < -0.4 is 5.73 Å². The highest BCUT2D eigenvalue weighted by atomic mass is 15.1. The van der Waals surface area contributed by atoms with Gasteiger partial charge in [0.15, 0.2) is 0 Å². The number of nitrogens with two attached hydrogens (primary N) is 1. The summed E-state index contributed by atoms with van der Waals surface area (Å²) in [5, 5.41) is 0. The van der Waals surface area contributed by atoms with Crippen LogP contribution in [0.1, 0.15) is 24.5 Å². The Kier molecular flexibility index (Phi) is 2.55. The lowest BCUT2D eigenvalue weighted by atomic mass is 10.3. The summed E-state index contributed by atoms with van der Waals surface area (Å²) >= 11 is 0. The lowest BCUT2D eigenvalue weighted by Crippen LogP contribution is -2.14. The first-order chi connectivity index (χ1) is 7.18. The van der Waals surface area contributed by atoms with Crippen LogP contribution in [0.3, 0.4) is 0 Å². The molecule has 0 aliphatic rings. The summed E-state index contributed by atoms with van der Waals surface area (Å²) in [5.41, 5.74) is 6.86. The maximum absolute atomic E-state index is 5.84. The van der Waals surface area contributed by atoms with Gasteiger partial charge in [0.25, 0.3) is 0 Å². The van der Waals surface area contributed by atoms with Crippen molar-refractivity contribution >= 4 is 0 Å². The Bertz CT molecular complexity index is 440. The summed E-state index contributed by atoms with van der Waals surface area (Å²) in [4.78, 5) is 8.36. The maximum Gasteiger partial charge on any atom is 0.128 e. The average Bonchev–Trinajstić information content (AvgIpc) is 2.77. The van der Waals surface area contributed by atoms with E-state index in [9.17, 15) is 0 Å². The molecule has 15 heavy (non-hydrogen) atoms. The topological polar surface area (TPSA) is 61.7 Å². The minimum Gasteiger partial charge on any atom is -0.337 e. The molecule has 1 atom stereocenters. The molecule has 0 bridgehead atoms. The molecule has 0 aliphatic heterocycles. The van der Waals surface area contributed by atoms with E-state index in [0.717, 1.165) is 11.5 Å². The van der Waals surface area contributed by atoms with Gasteiger partial charge in [-0.1, -0.05) is 0 Å². The van der Waals surface area contributed by atoms with Crippen LogP contribution in [-0.2, 0) is 13.6 Å². The largest absolute Gasteiger partial charge is 0.337 e. The first-order valence-electron chi connectivity index (χ1n) is 4.90. The van der Waals surface area contributed by atoms with E-state index in [4.69, 9.17) is 5.73 Å². The fourth-order valence-electron chi connectivity index (χ4n) is 1.54. The fourth-order valence-corrected chi connectivity index (χ4v) is 1.54. The van der Waals surface area contributed by atoms with E-state index >= 15 is 0 Å². The van der Waals surface area contributed by atoms with Gasteiger partial charge in [-0.15, -0.1) is 0 Å². The van der Waals surface area contributed by atoms with Crippen LogP contribution in [0.15, 0.2) is 24.9 Å². The fraction of sp³-hybridized carbons (Fsp3) is 0.400. The molecule has 0 aliphatic carbocycles. The summed E-state index contributed by atoms with van der Waals surface area (Å²) in [6.45, 7) is 2.66. The molecule has 2 heterocycles. The highest BCUT2D eigenvalue weighted by Gasteiger charge is 2.08. The third kappa shape index (κ3) is 1.92. The summed E-state index contributed by atoms with van der Waals surface area (Å²) in [6.07, 6.45) is 7.30. The normalized spacial score (nSPS) is 13.0. The standard InChI is InChI=1S/C10H15N5/c1-8(11)9-5-12-7-15(9)6-10-13-3-4-14(10)2/h3-5,7-8H,6,11H2,1-2H3. The van der Waals surface area contributed by atoms with Gasteiger partial charge in [0.1, 0.15) is 5.82 Å². The van der Waals surface area contributed by atoms with Crippen LogP contribution >= 0.6 is 0 Å². The van der Waals surface area contributed by atoms with Crippen molar-refractivity contribution in [1.29, 1.82) is 0 Å². The Balaban J connectivity index is 2.25. The van der Waals surface area contributed by atoms with Gasteiger partial charge in [0.2, 0.25) is 0 Å². The second-order valence-corrected chi connectivity index (χ2v) is 3.69. The monoisotopic (exact) mass is 205 g/mol. The van der Waals surface area contributed by atoms with E-state index in [1.54, 1.807) is 18.7 Å². The van der Waals surface area contributed by atoms with Crippen LogP contribution in [-0.4, -0.2) is 19.1 Å². The summed E-state index contributed by atoms with van der Waals surface area (Å²) in [5.74, 6) is 0.995. The summed E-state index contributed by atoms with van der Waals surface area (Å²) in [6, 6.07) is -0.00670. The van der Waals surface area contributed by atoms with Crippen molar-refractivity contribution in [2.75, 3.05) is 0 Å². The van der Waals surface area contributed by atoms with Crippen molar-refractivity contribution in [3.63, 3.8) is 0 Å². The molecule has 0 saturated heterocycles. The summed E-state index contributed by atoms with van der Waals surface area (Å²) in [7, 11) is 1.98. The van der Waals surface area contributed by atoms with Crippen LogP contribution in [0.2, 0.25) is 0 Å². The number of rotatable bonds is 3. The Morgan fingerprint density at radius 3 is 2.93 bits per heavy atom. The second-order valence-electron chi connectivity index (χ2n) is 3.69. The SMILES string of the molecule is CC(N)c1cncn1Cc1nccn1C. The van der Waals surface area contributed by atoms with E-state index in [-0.39, 0.29) is 6.04 Å². The van der Waals surface area contributed by atoms with Gasteiger partial charge in [0.05, 0.1) is 18.6 Å². The third-order valence-corrected chi connectivity index (χ3v) is 2.44. The van der Waals surface area contributed by atoms with Crippen LogP contribution in [0.4, 0.5) is 0 Å². The van der Waals surface area contributed by atoms with E-state index in [1.165, 1.54) is 0 Å². The molecular weight excluding hydrogens is 190 g/mol. The van der Waals surface area contributed by atoms with Crippen molar-refractivity contribution in [3.05, 3.63) is 36.4 Å². The highest BCUT2D eigenvalue weighted by molar-refractivity contribution is 5.05.